The lowest BCUT2D eigenvalue weighted by Crippen LogP contribution is -2.27. The first-order chi connectivity index (χ1) is 7.34. The third-order valence-electron chi connectivity index (χ3n) is 3.29. The summed E-state index contributed by atoms with van der Waals surface area (Å²) >= 11 is 0. The zero-order chi connectivity index (χ0) is 10.3. The lowest BCUT2D eigenvalue weighted by atomic mass is 10.1. The number of hydrogen-bond acceptors (Lipinski definition) is 1. The molecular formula is C13H15NO. The van der Waals surface area contributed by atoms with Gasteiger partial charge in [-0.1, -0.05) is 30.3 Å². The highest BCUT2D eigenvalue weighted by molar-refractivity contribution is 5.81. The van der Waals surface area contributed by atoms with Crippen molar-refractivity contribution >= 4 is 5.91 Å². The first-order valence-electron chi connectivity index (χ1n) is 5.70. The number of hydrogen-bond donors (Lipinski definition) is 1. The second kappa shape index (κ2) is 3.37. The van der Waals surface area contributed by atoms with E-state index in [2.05, 4.69) is 29.6 Å². The molecule has 15 heavy (non-hydrogen) atoms. The molecular weight excluding hydrogens is 186 g/mol. The van der Waals surface area contributed by atoms with E-state index in [4.69, 9.17) is 0 Å². The molecule has 2 unspecified atom stereocenters. The lowest BCUT2D eigenvalue weighted by molar-refractivity contribution is -0.122. The van der Waals surface area contributed by atoms with Crippen LogP contribution in [0, 0.1) is 5.92 Å². The van der Waals surface area contributed by atoms with Gasteiger partial charge in [-0.2, -0.15) is 0 Å². The molecule has 0 heterocycles. The fourth-order valence-corrected chi connectivity index (χ4v) is 2.07. The number of rotatable bonds is 3. The van der Waals surface area contributed by atoms with Gasteiger partial charge in [0, 0.05) is 17.9 Å². The van der Waals surface area contributed by atoms with Crippen LogP contribution in [0.5, 0.6) is 0 Å². The minimum atomic E-state index is 0.276. The maximum absolute atomic E-state index is 11.5. The van der Waals surface area contributed by atoms with Gasteiger partial charge in [0.2, 0.25) is 5.91 Å². The summed E-state index contributed by atoms with van der Waals surface area (Å²) in [4.78, 5) is 11.5. The topological polar surface area (TPSA) is 29.1 Å². The van der Waals surface area contributed by atoms with Crippen LogP contribution in [0.25, 0.3) is 0 Å². The molecule has 2 aliphatic carbocycles. The molecule has 0 bridgehead atoms. The third-order valence-corrected chi connectivity index (χ3v) is 3.29. The van der Waals surface area contributed by atoms with Crippen molar-refractivity contribution in [2.75, 3.05) is 0 Å². The third kappa shape index (κ3) is 1.89. The fourth-order valence-electron chi connectivity index (χ4n) is 2.07. The minimum Gasteiger partial charge on any atom is -0.352 e. The van der Waals surface area contributed by atoms with Gasteiger partial charge in [0.25, 0.3) is 0 Å². The molecule has 2 fully saturated rings. The van der Waals surface area contributed by atoms with E-state index in [1.54, 1.807) is 0 Å². The van der Waals surface area contributed by atoms with Crippen LogP contribution in [0.1, 0.15) is 30.7 Å². The van der Waals surface area contributed by atoms with E-state index in [1.165, 1.54) is 5.56 Å². The Balaban J connectivity index is 1.57. The molecule has 78 valence electrons. The highest BCUT2D eigenvalue weighted by Gasteiger charge is 2.41. The molecule has 1 aromatic carbocycles. The summed E-state index contributed by atoms with van der Waals surface area (Å²) in [6, 6.07) is 10.9. The number of benzene rings is 1. The van der Waals surface area contributed by atoms with Crippen LogP contribution < -0.4 is 5.32 Å². The van der Waals surface area contributed by atoms with Crippen LogP contribution in [0.3, 0.4) is 0 Å². The van der Waals surface area contributed by atoms with E-state index >= 15 is 0 Å². The largest absolute Gasteiger partial charge is 0.352 e. The molecule has 2 saturated carbocycles. The average Bonchev–Trinajstić information content (AvgIpc) is 3.14. The molecule has 0 radical (unpaired) electrons. The summed E-state index contributed by atoms with van der Waals surface area (Å²) in [5.74, 6) is 1.18. The van der Waals surface area contributed by atoms with E-state index in [0.717, 1.165) is 19.3 Å². The van der Waals surface area contributed by atoms with E-state index in [1.807, 2.05) is 6.07 Å². The van der Waals surface area contributed by atoms with Gasteiger partial charge in [-0.25, -0.2) is 0 Å². The first-order valence-corrected chi connectivity index (χ1v) is 5.70. The van der Waals surface area contributed by atoms with Crippen molar-refractivity contribution in [2.45, 2.75) is 31.2 Å². The molecule has 0 spiro atoms. The SMILES string of the molecule is O=C(NC1CC1c1ccccc1)C1CC1. The summed E-state index contributed by atoms with van der Waals surface area (Å²) in [5, 5.41) is 3.13. The summed E-state index contributed by atoms with van der Waals surface area (Å²) in [6.45, 7) is 0. The van der Waals surface area contributed by atoms with E-state index in [9.17, 15) is 4.79 Å². The molecule has 2 atom stereocenters. The van der Waals surface area contributed by atoms with Crippen molar-refractivity contribution in [1.29, 1.82) is 0 Å². The second-order valence-electron chi connectivity index (χ2n) is 4.64. The van der Waals surface area contributed by atoms with Crippen LogP contribution in [-0.2, 0) is 4.79 Å². The Bertz CT molecular complexity index is 369. The van der Waals surface area contributed by atoms with Crippen LogP contribution >= 0.6 is 0 Å². The van der Waals surface area contributed by atoms with Crippen LogP contribution in [0.4, 0.5) is 0 Å². The lowest BCUT2D eigenvalue weighted by Gasteiger charge is -2.03. The molecule has 2 aliphatic rings. The van der Waals surface area contributed by atoms with E-state index in [-0.39, 0.29) is 5.91 Å². The standard InChI is InChI=1S/C13H15NO/c15-13(10-6-7-10)14-12-8-11(12)9-4-2-1-3-5-9/h1-5,10-12H,6-8H2,(H,14,15). The van der Waals surface area contributed by atoms with Gasteiger partial charge in [0.1, 0.15) is 0 Å². The first kappa shape index (κ1) is 8.96. The van der Waals surface area contributed by atoms with E-state index < -0.39 is 0 Å². The van der Waals surface area contributed by atoms with Gasteiger partial charge in [0.15, 0.2) is 0 Å². The zero-order valence-electron chi connectivity index (χ0n) is 8.65. The normalized spacial score (nSPS) is 28.5. The predicted octanol–water partition coefficient (Wildman–Crippen LogP) is 2.07. The van der Waals surface area contributed by atoms with E-state index in [0.29, 0.717) is 17.9 Å². The fraction of sp³-hybridized carbons (Fsp3) is 0.462. The zero-order valence-corrected chi connectivity index (χ0v) is 8.65. The molecule has 2 heteroatoms. The highest BCUT2D eigenvalue weighted by atomic mass is 16.2. The Hall–Kier alpha value is -1.31. The number of amides is 1. The Labute approximate surface area is 89.7 Å². The number of nitrogens with one attached hydrogen (secondary N) is 1. The Kier molecular flexibility index (Phi) is 2.01. The Morgan fingerprint density at radius 1 is 1.20 bits per heavy atom. The monoisotopic (exact) mass is 201 g/mol. The molecule has 2 nitrogen and oxygen atoms in total. The molecule has 0 aliphatic heterocycles. The molecule has 0 aromatic heterocycles. The number of carbonyl (C=O) groups excluding carboxylic acids is 1. The van der Waals surface area contributed by atoms with Crippen LogP contribution in [0.2, 0.25) is 0 Å². The van der Waals surface area contributed by atoms with Crippen molar-refractivity contribution in [1.82, 2.24) is 5.32 Å². The van der Waals surface area contributed by atoms with Crippen molar-refractivity contribution in [3.63, 3.8) is 0 Å². The van der Waals surface area contributed by atoms with Gasteiger partial charge in [-0.05, 0) is 24.8 Å². The summed E-state index contributed by atoms with van der Waals surface area (Å²) in [5.41, 5.74) is 1.36. The Morgan fingerprint density at radius 3 is 2.60 bits per heavy atom. The van der Waals surface area contributed by atoms with Crippen LogP contribution in [-0.4, -0.2) is 11.9 Å². The number of carbonyl (C=O) groups is 1. The van der Waals surface area contributed by atoms with Crippen molar-refractivity contribution in [3.05, 3.63) is 35.9 Å². The van der Waals surface area contributed by atoms with Crippen molar-refractivity contribution in [2.24, 2.45) is 5.92 Å². The predicted molar refractivity (Wildman–Crippen MR) is 58.5 cm³/mol. The Morgan fingerprint density at radius 2 is 1.93 bits per heavy atom. The summed E-state index contributed by atoms with van der Waals surface area (Å²) < 4.78 is 0. The van der Waals surface area contributed by atoms with Crippen molar-refractivity contribution in [3.8, 4) is 0 Å². The van der Waals surface area contributed by atoms with Gasteiger partial charge < -0.3 is 5.32 Å². The van der Waals surface area contributed by atoms with Crippen LogP contribution in [0.15, 0.2) is 30.3 Å². The highest BCUT2D eigenvalue weighted by Crippen LogP contribution is 2.41. The quantitative estimate of drug-likeness (QED) is 0.797. The van der Waals surface area contributed by atoms with Gasteiger partial charge in [0.05, 0.1) is 0 Å². The molecule has 0 saturated heterocycles. The summed E-state index contributed by atoms with van der Waals surface area (Å²) in [7, 11) is 0. The molecule has 1 aromatic rings. The molecule has 1 N–H and O–H groups in total. The second-order valence-corrected chi connectivity index (χ2v) is 4.64. The maximum atomic E-state index is 11.5. The van der Waals surface area contributed by atoms with Gasteiger partial charge >= 0.3 is 0 Å². The maximum Gasteiger partial charge on any atom is 0.223 e. The molecule has 3 rings (SSSR count). The van der Waals surface area contributed by atoms with Gasteiger partial charge in [-0.3, -0.25) is 4.79 Å². The minimum absolute atomic E-state index is 0.276. The van der Waals surface area contributed by atoms with Crippen molar-refractivity contribution < 1.29 is 4.79 Å². The average molecular weight is 201 g/mol. The smallest absolute Gasteiger partial charge is 0.223 e. The molecule has 1 amide bonds. The summed E-state index contributed by atoms with van der Waals surface area (Å²) in [6.07, 6.45) is 3.30. The van der Waals surface area contributed by atoms with Gasteiger partial charge in [-0.15, -0.1) is 0 Å².